The van der Waals surface area contributed by atoms with E-state index < -0.39 is 0 Å². The number of aromatic nitrogens is 4. The number of hydrogen-bond acceptors (Lipinski definition) is 6. The van der Waals surface area contributed by atoms with Crippen molar-refractivity contribution in [3.63, 3.8) is 0 Å². The van der Waals surface area contributed by atoms with Gasteiger partial charge in [0.1, 0.15) is 6.04 Å². The van der Waals surface area contributed by atoms with E-state index in [4.69, 9.17) is 0 Å². The second kappa shape index (κ2) is 5.68. The Morgan fingerprint density at radius 1 is 1.17 bits per heavy atom. The molecule has 3 aromatic heterocycles. The molecule has 0 aromatic carbocycles. The van der Waals surface area contributed by atoms with E-state index in [0.29, 0.717) is 0 Å². The predicted octanol–water partition coefficient (Wildman–Crippen LogP) is 4.33. The molecule has 3 aromatic rings. The summed E-state index contributed by atoms with van der Waals surface area (Å²) in [6, 6.07) is 4.44. The quantitative estimate of drug-likeness (QED) is 0.745. The summed E-state index contributed by atoms with van der Waals surface area (Å²) in [5, 5.41) is 24.4. The van der Waals surface area contributed by atoms with Crippen molar-refractivity contribution in [2.75, 3.05) is 5.32 Å². The van der Waals surface area contributed by atoms with Gasteiger partial charge >= 0.3 is 0 Å². The molecule has 120 valence electrons. The van der Waals surface area contributed by atoms with E-state index in [2.05, 4.69) is 60.6 Å². The van der Waals surface area contributed by atoms with Crippen LogP contribution < -0.4 is 5.32 Å². The van der Waals surface area contributed by atoms with Crippen LogP contribution in [0.5, 0.6) is 0 Å². The van der Waals surface area contributed by atoms with E-state index in [1.165, 1.54) is 28.0 Å². The van der Waals surface area contributed by atoms with Crippen LogP contribution in [0.1, 0.15) is 36.4 Å². The average Bonchev–Trinajstić information content (AvgIpc) is 3.35. The second-order valence-corrected chi connectivity index (χ2v) is 7.57. The number of fused-ring (bicyclic) bond motifs is 1. The zero-order chi connectivity index (χ0) is 15.9. The molecule has 24 heavy (non-hydrogen) atoms. The summed E-state index contributed by atoms with van der Waals surface area (Å²) in [6.45, 7) is 0. The highest BCUT2D eigenvalue weighted by molar-refractivity contribution is 7.08. The Morgan fingerprint density at radius 2 is 2.08 bits per heavy atom. The minimum Gasteiger partial charge on any atom is -0.323 e. The van der Waals surface area contributed by atoms with Crippen molar-refractivity contribution in [2.45, 2.75) is 25.3 Å². The zero-order valence-electron chi connectivity index (χ0n) is 12.8. The lowest BCUT2D eigenvalue weighted by molar-refractivity contribution is 0.525. The van der Waals surface area contributed by atoms with Gasteiger partial charge in [0.2, 0.25) is 5.95 Å². The first kappa shape index (κ1) is 14.1. The minimum atomic E-state index is 0.101. The Balaban J connectivity index is 1.67. The number of nitrogens with zero attached hydrogens (tertiary/aromatic N) is 4. The molecule has 7 heteroatoms. The van der Waals surface area contributed by atoms with Gasteiger partial charge in [0.15, 0.2) is 0 Å². The third-order valence-corrected chi connectivity index (χ3v) is 5.98. The molecule has 0 amide bonds. The summed E-state index contributed by atoms with van der Waals surface area (Å²) in [5.74, 6) is 0.725. The van der Waals surface area contributed by atoms with Crippen molar-refractivity contribution in [3.05, 3.63) is 61.6 Å². The van der Waals surface area contributed by atoms with Gasteiger partial charge in [0.25, 0.3) is 0 Å². The first-order valence-corrected chi connectivity index (χ1v) is 9.82. The molecule has 1 aliphatic carbocycles. The van der Waals surface area contributed by atoms with E-state index in [1.807, 2.05) is 4.68 Å². The lowest BCUT2D eigenvalue weighted by Gasteiger charge is -2.33. The summed E-state index contributed by atoms with van der Waals surface area (Å²) in [5.41, 5.74) is 6.48. The van der Waals surface area contributed by atoms with Crippen LogP contribution in [-0.4, -0.2) is 20.2 Å². The monoisotopic (exact) mass is 353 g/mol. The van der Waals surface area contributed by atoms with Gasteiger partial charge in [-0.3, -0.25) is 0 Å². The van der Waals surface area contributed by atoms with Crippen molar-refractivity contribution in [1.29, 1.82) is 0 Å². The molecule has 4 heterocycles. The highest BCUT2D eigenvalue weighted by atomic mass is 32.1. The summed E-state index contributed by atoms with van der Waals surface area (Å²) in [6.07, 6.45) is 5.61. The molecule has 1 aliphatic heterocycles. The maximum Gasteiger partial charge on any atom is 0.248 e. The van der Waals surface area contributed by atoms with Crippen LogP contribution in [0.15, 0.2) is 50.5 Å². The van der Waals surface area contributed by atoms with Crippen molar-refractivity contribution in [2.24, 2.45) is 0 Å². The van der Waals surface area contributed by atoms with E-state index >= 15 is 0 Å². The van der Waals surface area contributed by atoms with Crippen molar-refractivity contribution >= 4 is 34.7 Å². The maximum atomic E-state index is 4.23. The van der Waals surface area contributed by atoms with Crippen LogP contribution in [0, 0.1) is 0 Å². The number of hydrogen-bond donors (Lipinski definition) is 1. The summed E-state index contributed by atoms with van der Waals surface area (Å²) in [4.78, 5) is 0. The van der Waals surface area contributed by atoms with Gasteiger partial charge in [0.05, 0.1) is 0 Å². The molecule has 1 N–H and O–H groups in total. The van der Waals surface area contributed by atoms with Crippen LogP contribution in [0.4, 0.5) is 5.95 Å². The first-order valence-electron chi connectivity index (χ1n) is 7.93. The molecule has 2 aliphatic rings. The first-order chi connectivity index (χ1) is 11.9. The van der Waals surface area contributed by atoms with Crippen LogP contribution in [0.3, 0.4) is 0 Å². The largest absolute Gasteiger partial charge is 0.323 e. The number of thiophene rings is 2. The summed E-state index contributed by atoms with van der Waals surface area (Å²) in [7, 11) is 0. The molecule has 0 saturated heterocycles. The second-order valence-electron chi connectivity index (χ2n) is 6.01. The smallest absolute Gasteiger partial charge is 0.248 e. The number of anilines is 1. The Labute approximate surface area is 147 Å². The molecule has 0 bridgehead atoms. The van der Waals surface area contributed by atoms with Crippen molar-refractivity contribution < 1.29 is 0 Å². The third kappa shape index (κ3) is 2.23. The zero-order valence-corrected chi connectivity index (χ0v) is 14.5. The molecule has 5 rings (SSSR count). The van der Waals surface area contributed by atoms with E-state index in [1.54, 1.807) is 22.7 Å². The van der Waals surface area contributed by atoms with Crippen LogP contribution in [-0.2, 0) is 0 Å². The fourth-order valence-electron chi connectivity index (χ4n) is 3.54. The lowest BCUT2D eigenvalue weighted by atomic mass is 9.84. The number of nitrogens with one attached hydrogen (secondary N) is 1. The molecule has 0 saturated carbocycles. The standard InChI is InChI=1S/C17H15N5S2/c1-2-12(8-11-4-6-23-9-11)15-14(3-1)16(13-5-7-24-10-13)22-17(18-15)19-20-21-22/h4-10,16H,1-3H2,(H,18,19,21)/b12-8+. The van der Waals surface area contributed by atoms with Crippen molar-refractivity contribution in [3.8, 4) is 0 Å². The maximum absolute atomic E-state index is 4.23. The Hall–Kier alpha value is -2.25. The van der Waals surface area contributed by atoms with Gasteiger partial charge in [-0.25, -0.2) is 0 Å². The molecule has 0 radical (unpaired) electrons. The molecular formula is C17H15N5S2. The van der Waals surface area contributed by atoms with Gasteiger partial charge in [-0.15, -0.1) is 0 Å². The van der Waals surface area contributed by atoms with Gasteiger partial charge in [-0.05, 0) is 91.7 Å². The van der Waals surface area contributed by atoms with Gasteiger partial charge < -0.3 is 5.32 Å². The lowest BCUT2D eigenvalue weighted by Crippen LogP contribution is -2.28. The van der Waals surface area contributed by atoms with Gasteiger partial charge in [-0.1, -0.05) is 5.10 Å². The van der Waals surface area contributed by atoms with Crippen LogP contribution in [0.25, 0.3) is 6.08 Å². The molecule has 5 nitrogen and oxygen atoms in total. The van der Waals surface area contributed by atoms with E-state index in [0.717, 1.165) is 25.2 Å². The molecule has 0 fully saturated rings. The summed E-state index contributed by atoms with van der Waals surface area (Å²) < 4.78 is 1.91. The number of allylic oxidation sites excluding steroid dienone is 2. The SMILES string of the molecule is C(=C1/CCCC2=C1Nc1nnnn1C2c1ccsc1)/c1ccsc1. The Morgan fingerprint density at radius 3 is 2.92 bits per heavy atom. The van der Waals surface area contributed by atoms with Crippen molar-refractivity contribution in [1.82, 2.24) is 20.2 Å². The topological polar surface area (TPSA) is 55.6 Å². The van der Waals surface area contributed by atoms with Gasteiger partial charge in [-0.2, -0.15) is 27.4 Å². The summed E-state index contributed by atoms with van der Waals surface area (Å²) >= 11 is 3.45. The predicted molar refractivity (Wildman–Crippen MR) is 97.1 cm³/mol. The fourth-order valence-corrected chi connectivity index (χ4v) is 4.84. The highest BCUT2D eigenvalue weighted by Crippen LogP contribution is 2.43. The van der Waals surface area contributed by atoms with Crippen LogP contribution >= 0.6 is 22.7 Å². The van der Waals surface area contributed by atoms with Crippen LogP contribution in [0.2, 0.25) is 0 Å². The highest BCUT2D eigenvalue weighted by Gasteiger charge is 2.34. The molecule has 0 spiro atoms. The van der Waals surface area contributed by atoms with Gasteiger partial charge in [0, 0.05) is 5.70 Å². The number of rotatable bonds is 2. The average molecular weight is 353 g/mol. The minimum absolute atomic E-state index is 0.101. The fraction of sp³-hybridized carbons (Fsp3) is 0.235. The Bertz CT molecular complexity index is 918. The molecule has 1 atom stereocenters. The Kier molecular flexibility index (Phi) is 3.34. The normalized spacial score (nSPS) is 21.5. The molecule has 1 unspecified atom stereocenters. The van der Waals surface area contributed by atoms with E-state index in [-0.39, 0.29) is 6.04 Å². The molecular weight excluding hydrogens is 338 g/mol. The third-order valence-electron chi connectivity index (χ3n) is 4.58. The number of tetrazole rings is 1. The van der Waals surface area contributed by atoms with E-state index in [9.17, 15) is 0 Å².